The summed E-state index contributed by atoms with van der Waals surface area (Å²) in [5, 5.41) is 3.91. The number of hydrogen-bond acceptors (Lipinski definition) is 4. The monoisotopic (exact) mass is 351 g/mol. The molecule has 0 aliphatic heterocycles. The number of nitrogens with one attached hydrogen (secondary N) is 1. The van der Waals surface area contributed by atoms with Gasteiger partial charge in [-0.2, -0.15) is 13.2 Å². The lowest BCUT2D eigenvalue weighted by Crippen LogP contribution is -2.06. The fourth-order valence-electron chi connectivity index (χ4n) is 2.45. The molecule has 1 N–H and O–H groups in total. The van der Waals surface area contributed by atoms with E-state index in [0.29, 0.717) is 23.8 Å². The SMILES string of the molecule is CCc1nc(Nc2cccc(C(F)(F)F)c2)c2c(C)c(C)sc2n1. The van der Waals surface area contributed by atoms with Gasteiger partial charge in [-0.15, -0.1) is 11.3 Å². The second-order valence-corrected chi connectivity index (χ2v) is 6.71. The maximum atomic E-state index is 12.9. The van der Waals surface area contributed by atoms with Crippen LogP contribution in [0.2, 0.25) is 0 Å². The van der Waals surface area contributed by atoms with Crippen molar-refractivity contribution in [3.05, 3.63) is 46.1 Å². The Morgan fingerprint density at radius 1 is 1.17 bits per heavy atom. The summed E-state index contributed by atoms with van der Waals surface area (Å²) < 4.78 is 38.7. The Kier molecular flexibility index (Phi) is 4.21. The van der Waals surface area contributed by atoms with Crippen molar-refractivity contribution in [3.63, 3.8) is 0 Å². The number of nitrogens with zero attached hydrogens (tertiary/aromatic N) is 2. The highest BCUT2D eigenvalue weighted by molar-refractivity contribution is 7.18. The molecule has 2 heterocycles. The highest BCUT2D eigenvalue weighted by Crippen LogP contribution is 2.36. The molecule has 1 aromatic carbocycles. The molecule has 0 bridgehead atoms. The average molecular weight is 351 g/mol. The van der Waals surface area contributed by atoms with Crippen LogP contribution >= 0.6 is 11.3 Å². The number of halogens is 3. The summed E-state index contributed by atoms with van der Waals surface area (Å²) in [6, 6.07) is 5.13. The van der Waals surface area contributed by atoms with E-state index in [0.717, 1.165) is 32.8 Å². The van der Waals surface area contributed by atoms with Crippen LogP contribution < -0.4 is 5.32 Å². The molecule has 3 aromatic rings. The molecule has 0 saturated carbocycles. The number of alkyl halides is 3. The van der Waals surface area contributed by atoms with Crippen LogP contribution in [0, 0.1) is 13.8 Å². The van der Waals surface area contributed by atoms with E-state index >= 15 is 0 Å². The van der Waals surface area contributed by atoms with Crippen LogP contribution in [0.5, 0.6) is 0 Å². The molecule has 126 valence electrons. The molecular formula is C17H16F3N3S. The van der Waals surface area contributed by atoms with Gasteiger partial charge < -0.3 is 5.32 Å². The molecule has 3 nitrogen and oxygen atoms in total. The Morgan fingerprint density at radius 3 is 2.58 bits per heavy atom. The quantitative estimate of drug-likeness (QED) is 0.664. The third-order valence-electron chi connectivity index (χ3n) is 3.84. The van der Waals surface area contributed by atoms with Crippen molar-refractivity contribution < 1.29 is 13.2 Å². The molecule has 0 unspecified atom stereocenters. The van der Waals surface area contributed by atoms with Crippen LogP contribution in [-0.4, -0.2) is 9.97 Å². The average Bonchev–Trinajstić information content (AvgIpc) is 2.81. The van der Waals surface area contributed by atoms with Crippen LogP contribution in [0.1, 0.15) is 28.8 Å². The molecule has 3 rings (SSSR count). The second kappa shape index (κ2) is 6.05. The Morgan fingerprint density at radius 2 is 1.92 bits per heavy atom. The molecule has 0 fully saturated rings. The Bertz CT molecular complexity index is 900. The third-order valence-corrected chi connectivity index (χ3v) is 4.94. The number of anilines is 2. The highest BCUT2D eigenvalue weighted by Gasteiger charge is 2.30. The predicted molar refractivity (Wildman–Crippen MR) is 91.0 cm³/mol. The molecule has 0 saturated heterocycles. The van der Waals surface area contributed by atoms with Crippen LogP contribution in [0.25, 0.3) is 10.2 Å². The summed E-state index contributed by atoms with van der Waals surface area (Å²) in [6.07, 6.45) is -3.72. The fourth-order valence-corrected chi connectivity index (χ4v) is 3.50. The maximum absolute atomic E-state index is 12.9. The normalized spacial score (nSPS) is 11.9. The molecular weight excluding hydrogens is 335 g/mol. The molecule has 0 aliphatic rings. The lowest BCUT2D eigenvalue weighted by atomic mass is 10.1. The lowest BCUT2D eigenvalue weighted by molar-refractivity contribution is -0.137. The van der Waals surface area contributed by atoms with E-state index in [2.05, 4.69) is 15.3 Å². The number of fused-ring (bicyclic) bond motifs is 1. The zero-order valence-corrected chi connectivity index (χ0v) is 14.3. The van der Waals surface area contributed by atoms with Gasteiger partial charge in [0.15, 0.2) is 0 Å². The Labute approximate surface area is 141 Å². The van der Waals surface area contributed by atoms with Crippen molar-refractivity contribution in [3.8, 4) is 0 Å². The molecule has 0 atom stereocenters. The van der Waals surface area contributed by atoms with Gasteiger partial charge >= 0.3 is 6.18 Å². The smallest absolute Gasteiger partial charge is 0.340 e. The number of thiophene rings is 1. The number of aryl methyl sites for hydroxylation is 3. The summed E-state index contributed by atoms with van der Waals surface area (Å²) in [5.41, 5.74) is 0.717. The summed E-state index contributed by atoms with van der Waals surface area (Å²) in [6.45, 7) is 5.92. The van der Waals surface area contributed by atoms with E-state index in [-0.39, 0.29) is 0 Å². The zero-order valence-electron chi connectivity index (χ0n) is 13.5. The molecule has 0 spiro atoms. The Balaban J connectivity index is 2.10. The zero-order chi connectivity index (χ0) is 17.5. The predicted octanol–water partition coefficient (Wildman–Crippen LogP) is 5.63. The van der Waals surface area contributed by atoms with E-state index in [1.807, 2.05) is 20.8 Å². The summed E-state index contributed by atoms with van der Waals surface area (Å²) >= 11 is 1.57. The minimum atomic E-state index is -4.37. The topological polar surface area (TPSA) is 37.8 Å². The molecule has 0 aliphatic carbocycles. The van der Waals surface area contributed by atoms with Gasteiger partial charge in [-0.3, -0.25) is 0 Å². The van der Waals surface area contributed by atoms with E-state index in [1.54, 1.807) is 17.4 Å². The number of hydrogen-bond donors (Lipinski definition) is 1. The molecule has 0 amide bonds. The van der Waals surface area contributed by atoms with E-state index in [1.165, 1.54) is 6.07 Å². The first-order chi connectivity index (χ1) is 11.3. The van der Waals surface area contributed by atoms with Crippen LogP contribution in [0.4, 0.5) is 24.7 Å². The maximum Gasteiger partial charge on any atom is 0.416 e. The van der Waals surface area contributed by atoms with Gasteiger partial charge in [-0.05, 0) is 37.6 Å². The summed E-state index contributed by atoms with van der Waals surface area (Å²) in [7, 11) is 0. The Hall–Kier alpha value is -2.15. The first-order valence-corrected chi connectivity index (χ1v) is 8.32. The van der Waals surface area contributed by atoms with E-state index < -0.39 is 11.7 Å². The summed E-state index contributed by atoms with van der Waals surface area (Å²) in [4.78, 5) is 11.0. The van der Waals surface area contributed by atoms with E-state index in [4.69, 9.17) is 0 Å². The minimum absolute atomic E-state index is 0.357. The van der Waals surface area contributed by atoms with Crippen LogP contribution in [-0.2, 0) is 12.6 Å². The second-order valence-electron chi connectivity index (χ2n) is 5.51. The van der Waals surface area contributed by atoms with Crippen molar-refractivity contribution in [2.75, 3.05) is 5.32 Å². The van der Waals surface area contributed by atoms with E-state index in [9.17, 15) is 13.2 Å². The van der Waals surface area contributed by atoms with Crippen LogP contribution in [0.3, 0.4) is 0 Å². The molecule has 7 heteroatoms. The van der Waals surface area contributed by atoms with Gasteiger partial charge in [-0.25, -0.2) is 9.97 Å². The van der Waals surface area contributed by atoms with Crippen molar-refractivity contribution in [2.45, 2.75) is 33.4 Å². The van der Waals surface area contributed by atoms with Crippen molar-refractivity contribution in [2.24, 2.45) is 0 Å². The third kappa shape index (κ3) is 3.08. The van der Waals surface area contributed by atoms with Gasteiger partial charge in [0.1, 0.15) is 16.5 Å². The number of rotatable bonds is 3. The van der Waals surface area contributed by atoms with Gasteiger partial charge in [0.2, 0.25) is 0 Å². The first kappa shape index (κ1) is 16.7. The minimum Gasteiger partial charge on any atom is -0.340 e. The molecule has 2 aromatic heterocycles. The van der Waals surface area contributed by atoms with Gasteiger partial charge in [0.05, 0.1) is 10.9 Å². The number of aromatic nitrogens is 2. The lowest BCUT2D eigenvalue weighted by Gasteiger charge is -2.12. The number of benzene rings is 1. The summed E-state index contributed by atoms with van der Waals surface area (Å²) in [5.74, 6) is 1.22. The van der Waals surface area contributed by atoms with Gasteiger partial charge in [0, 0.05) is 17.0 Å². The van der Waals surface area contributed by atoms with Crippen molar-refractivity contribution >= 4 is 33.1 Å². The highest BCUT2D eigenvalue weighted by atomic mass is 32.1. The molecule has 0 radical (unpaired) electrons. The first-order valence-electron chi connectivity index (χ1n) is 7.50. The van der Waals surface area contributed by atoms with Crippen molar-refractivity contribution in [1.29, 1.82) is 0 Å². The van der Waals surface area contributed by atoms with Crippen molar-refractivity contribution in [1.82, 2.24) is 9.97 Å². The largest absolute Gasteiger partial charge is 0.416 e. The van der Waals surface area contributed by atoms with Gasteiger partial charge in [0.25, 0.3) is 0 Å². The fraction of sp³-hybridized carbons (Fsp3) is 0.294. The standard InChI is InChI=1S/C17H16F3N3S/c1-4-13-22-15(14-9(2)10(3)24-16(14)23-13)21-12-7-5-6-11(8-12)17(18,19)20/h5-8H,4H2,1-3H3,(H,21,22,23). The van der Waals surface area contributed by atoms with Crippen LogP contribution in [0.15, 0.2) is 24.3 Å². The van der Waals surface area contributed by atoms with Gasteiger partial charge in [-0.1, -0.05) is 13.0 Å². The molecule has 24 heavy (non-hydrogen) atoms.